The smallest absolute Gasteiger partial charge is 0.341 e. The van der Waals surface area contributed by atoms with Crippen molar-refractivity contribution >= 4 is 16.1 Å². The van der Waals surface area contributed by atoms with Gasteiger partial charge in [0.05, 0.1) is 0 Å². The molecule has 0 aliphatic heterocycles. The van der Waals surface area contributed by atoms with Crippen LogP contribution >= 0.6 is 0 Å². The van der Waals surface area contributed by atoms with Crippen molar-refractivity contribution in [2.75, 3.05) is 0 Å². The van der Waals surface area contributed by atoms with Crippen LogP contribution in [0.1, 0.15) is 6.92 Å². The molecule has 0 radical (unpaired) electrons. The van der Waals surface area contributed by atoms with Gasteiger partial charge in [0.1, 0.15) is 10.6 Å². The van der Waals surface area contributed by atoms with Crippen LogP contribution in [0.15, 0.2) is 29.2 Å². The third-order valence-electron chi connectivity index (χ3n) is 1.35. The van der Waals surface area contributed by atoms with Crippen molar-refractivity contribution in [3.8, 4) is 5.75 Å². The van der Waals surface area contributed by atoms with Crippen molar-refractivity contribution in [3.63, 3.8) is 0 Å². The van der Waals surface area contributed by atoms with Crippen LogP contribution in [0, 0.1) is 0 Å². The maximum absolute atomic E-state index is 11.2. The van der Waals surface area contributed by atoms with Gasteiger partial charge in [0, 0.05) is 6.92 Å². The summed E-state index contributed by atoms with van der Waals surface area (Å²) in [7, 11) is -4.04. The van der Waals surface area contributed by atoms with Crippen molar-refractivity contribution in [2.45, 2.75) is 11.8 Å². The fraction of sp³-hybridized carbons (Fsp3) is 0.125. The van der Waals surface area contributed by atoms with Crippen LogP contribution in [0.4, 0.5) is 0 Å². The standard InChI is InChI=1S/C8H8O5S/c1-6(9)13-14(11,12)8-4-2-7(10)3-5-8/h2-5,10H,1H3. The Kier molecular flexibility index (Phi) is 2.76. The summed E-state index contributed by atoms with van der Waals surface area (Å²) >= 11 is 0. The first kappa shape index (κ1) is 10.5. The molecule has 6 heteroatoms. The highest BCUT2D eigenvalue weighted by atomic mass is 32.2. The Bertz CT molecular complexity index is 431. The summed E-state index contributed by atoms with van der Waals surface area (Å²) < 4.78 is 26.6. The van der Waals surface area contributed by atoms with E-state index in [1.54, 1.807) is 0 Å². The number of aromatic hydroxyl groups is 1. The van der Waals surface area contributed by atoms with Gasteiger partial charge in [-0.15, -0.1) is 0 Å². The number of benzene rings is 1. The fourth-order valence-electron chi connectivity index (χ4n) is 0.815. The van der Waals surface area contributed by atoms with Gasteiger partial charge in [0.25, 0.3) is 0 Å². The zero-order chi connectivity index (χ0) is 10.8. The molecule has 1 aromatic carbocycles. The van der Waals surface area contributed by atoms with E-state index in [1.165, 1.54) is 12.1 Å². The molecule has 0 aromatic heterocycles. The molecule has 0 aliphatic carbocycles. The summed E-state index contributed by atoms with van der Waals surface area (Å²) in [6.45, 7) is 0.998. The largest absolute Gasteiger partial charge is 0.508 e. The highest BCUT2D eigenvalue weighted by Gasteiger charge is 2.17. The van der Waals surface area contributed by atoms with E-state index < -0.39 is 16.1 Å². The van der Waals surface area contributed by atoms with Gasteiger partial charge in [-0.25, -0.2) is 0 Å². The SMILES string of the molecule is CC(=O)OS(=O)(=O)c1ccc(O)cc1. The lowest BCUT2D eigenvalue weighted by molar-refractivity contribution is -0.131. The van der Waals surface area contributed by atoms with E-state index in [0.717, 1.165) is 19.1 Å². The van der Waals surface area contributed by atoms with E-state index in [2.05, 4.69) is 4.18 Å². The highest BCUT2D eigenvalue weighted by molar-refractivity contribution is 7.87. The molecule has 0 fully saturated rings. The Morgan fingerprint density at radius 3 is 2.21 bits per heavy atom. The summed E-state index contributed by atoms with van der Waals surface area (Å²) in [6.07, 6.45) is 0. The van der Waals surface area contributed by atoms with E-state index in [4.69, 9.17) is 5.11 Å². The van der Waals surface area contributed by atoms with Crippen molar-refractivity contribution in [3.05, 3.63) is 24.3 Å². The maximum atomic E-state index is 11.2. The molecule has 14 heavy (non-hydrogen) atoms. The number of rotatable bonds is 2. The van der Waals surface area contributed by atoms with Gasteiger partial charge in [-0.3, -0.25) is 4.79 Å². The van der Waals surface area contributed by atoms with Crippen LogP contribution in [-0.4, -0.2) is 19.5 Å². The molecule has 1 aromatic rings. The predicted octanol–water partition coefficient (Wildman–Crippen LogP) is 0.644. The van der Waals surface area contributed by atoms with Gasteiger partial charge < -0.3 is 9.29 Å². The van der Waals surface area contributed by atoms with E-state index >= 15 is 0 Å². The van der Waals surface area contributed by atoms with Gasteiger partial charge in [0.15, 0.2) is 0 Å². The Hall–Kier alpha value is -1.56. The minimum Gasteiger partial charge on any atom is -0.508 e. The van der Waals surface area contributed by atoms with Crippen molar-refractivity contribution < 1.29 is 22.5 Å². The van der Waals surface area contributed by atoms with Gasteiger partial charge in [-0.2, -0.15) is 8.42 Å². The molecule has 1 N–H and O–H groups in total. The number of carbonyl (C=O) groups is 1. The summed E-state index contributed by atoms with van der Waals surface area (Å²) in [5.74, 6) is -0.968. The first-order chi connectivity index (χ1) is 6.42. The number of carbonyl (C=O) groups excluding carboxylic acids is 1. The molecular weight excluding hydrogens is 208 g/mol. The number of hydrogen-bond donors (Lipinski definition) is 1. The third kappa shape index (κ3) is 2.46. The molecule has 0 heterocycles. The van der Waals surface area contributed by atoms with E-state index in [-0.39, 0.29) is 10.6 Å². The normalized spacial score (nSPS) is 10.9. The minimum absolute atomic E-state index is 0.0632. The highest BCUT2D eigenvalue weighted by Crippen LogP contribution is 2.16. The molecular formula is C8H8O5S. The lowest BCUT2D eigenvalue weighted by Gasteiger charge is -2.02. The first-order valence-corrected chi connectivity index (χ1v) is 5.07. The second-order valence-corrected chi connectivity index (χ2v) is 4.07. The number of phenols is 1. The van der Waals surface area contributed by atoms with Crippen LogP contribution < -0.4 is 0 Å². The van der Waals surface area contributed by atoms with Crippen molar-refractivity contribution in [1.82, 2.24) is 0 Å². The van der Waals surface area contributed by atoms with Crippen LogP contribution in [0.5, 0.6) is 5.75 Å². The molecule has 5 nitrogen and oxygen atoms in total. The molecule has 1 rings (SSSR count). The minimum atomic E-state index is -4.04. The number of hydrogen-bond acceptors (Lipinski definition) is 5. The molecule has 0 amide bonds. The van der Waals surface area contributed by atoms with Gasteiger partial charge in [-0.05, 0) is 24.3 Å². The topological polar surface area (TPSA) is 80.7 Å². The predicted molar refractivity (Wildman–Crippen MR) is 47.1 cm³/mol. The molecule has 0 saturated heterocycles. The second-order valence-electron chi connectivity index (χ2n) is 2.52. The number of phenolic OH excluding ortho intramolecular Hbond substituents is 1. The lowest BCUT2D eigenvalue weighted by atomic mass is 10.3. The molecule has 0 unspecified atom stereocenters. The lowest BCUT2D eigenvalue weighted by Crippen LogP contribution is -2.09. The average molecular weight is 216 g/mol. The summed E-state index contributed by atoms with van der Waals surface area (Å²) in [5, 5.41) is 8.90. The zero-order valence-corrected chi connectivity index (χ0v) is 8.11. The molecule has 76 valence electrons. The maximum Gasteiger partial charge on any atom is 0.341 e. The van der Waals surface area contributed by atoms with Crippen LogP contribution in [0.25, 0.3) is 0 Å². The summed E-state index contributed by atoms with van der Waals surface area (Å²) in [4.78, 5) is 10.3. The fourth-order valence-corrected chi connectivity index (χ4v) is 1.69. The Labute approximate surface area is 81.1 Å². The monoisotopic (exact) mass is 216 g/mol. The second kappa shape index (κ2) is 3.67. The van der Waals surface area contributed by atoms with Gasteiger partial charge in [0.2, 0.25) is 0 Å². The first-order valence-electron chi connectivity index (χ1n) is 3.66. The molecule has 0 bridgehead atoms. The van der Waals surface area contributed by atoms with Crippen LogP contribution in [-0.2, 0) is 19.1 Å². The van der Waals surface area contributed by atoms with Crippen LogP contribution in [0.2, 0.25) is 0 Å². The zero-order valence-electron chi connectivity index (χ0n) is 7.30. The van der Waals surface area contributed by atoms with Crippen molar-refractivity contribution in [2.24, 2.45) is 0 Å². The molecule has 0 saturated carbocycles. The quantitative estimate of drug-likeness (QED) is 0.734. The van der Waals surface area contributed by atoms with Gasteiger partial charge in [-0.1, -0.05) is 0 Å². The van der Waals surface area contributed by atoms with E-state index in [1.807, 2.05) is 0 Å². The average Bonchev–Trinajstić information content (AvgIpc) is 2.02. The Morgan fingerprint density at radius 2 is 1.79 bits per heavy atom. The molecule has 0 aliphatic rings. The summed E-state index contributed by atoms with van der Waals surface area (Å²) in [6, 6.07) is 4.67. The summed E-state index contributed by atoms with van der Waals surface area (Å²) in [5.41, 5.74) is 0. The Morgan fingerprint density at radius 1 is 1.29 bits per heavy atom. The van der Waals surface area contributed by atoms with Crippen molar-refractivity contribution in [1.29, 1.82) is 0 Å². The third-order valence-corrected chi connectivity index (χ3v) is 2.66. The van der Waals surface area contributed by atoms with Crippen LogP contribution in [0.3, 0.4) is 0 Å². The van der Waals surface area contributed by atoms with Gasteiger partial charge >= 0.3 is 16.1 Å². The van der Waals surface area contributed by atoms with E-state index in [9.17, 15) is 13.2 Å². The molecule has 0 spiro atoms. The molecule has 0 atom stereocenters. The van der Waals surface area contributed by atoms with E-state index in [0.29, 0.717) is 0 Å². The Balaban J connectivity index is 3.05.